The van der Waals surface area contributed by atoms with Crippen LogP contribution in [0.2, 0.25) is 0 Å². The summed E-state index contributed by atoms with van der Waals surface area (Å²) in [5, 5.41) is 2.61. The average molecular weight is 451 g/mol. The maximum Gasteiger partial charge on any atom is 0.415 e. The van der Waals surface area contributed by atoms with Crippen LogP contribution in [-0.4, -0.2) is 31.0 Å². The lowest BCUT2D eigenvalue weighted by molar-refractivity contribution is 0.0963. The number of carbonyl (C=O) groups excluding carboxylic acids is 2. The Kier molecular flexibility index (Phi) is 7.04. The van der Waals surface area contributed by atoms with Crippen LogP contribution in [0.1, 0.15) is 15.9 Å². The van der Waals surface area contributed by atoms with Gasteiger partial charge in [-0.25, -0.2) is 4.79 Å². The van der Waals surface area contributed by atoms with E-state index in [4.69, 9.17) is 4.74 Å². The van der Waals surface area contributed by atoms with Gasteiger partial charge in [0.05, 0.1) is 0 Å². The number of hydrogen-bond acceptors (Lipinski definition) is 3. The summed E-state index contributed by atoms with van der Waals surface area (Å²) in [4.78, 5) is 25.9. The van der Waals surface area contributed by atoms with Crippen LogP contribution in [0.5, 0.6) is 5.75 Å². The SMILES string of the molecule is CNC(=O)c1ccc(-c2ccc(OC(=O)N(C)Cc3cccc(-c4ccccc4)c3)cc2)cc1. The first-order chi connectivity index (χ1) is 16.5. The molecule has 0 unspecified atom stereocenters. The standard InChI is InChI=1S/C29H26N2O3/c1-30-28(32)25-13-11-23(12-14-25)24-15-17-27(18-16-24)34-29(33)31(2)20-21-7-6-10-26(19-21)22-8-4-3-5-9-22/h3-19H,20H2,1-2H3,(H,30,32). The minimum absolute atomic E-state index is 0.121. The Morgan fingerprint density at radius 3 is 1.97 bits per heavy atom. The molecule has 0 heterocycles. The van der Waals surface area contributed by atoms with Gasteiger partial charge in [-0.1, -0.05) is 72.8 Å². The molecule has 0 aliphatic heterocycles. The summed E-state index contributed by atoms with van der Waals surface area (Å²) in [5.74, 6) is 0.352. The largest absolute Gasteiger partial charge is 0.415 e. The predicted molar refractivity (Wildman–Crippen MR) is 135 cm³/mol. The van der Waals surface area contributed by atoms with E-state index in [2.05, 4.69) is 29.6 Å². The Morgan fingerprint density at radius 2 is 1.32 bits per heavy atom. The molecule has 0 bridgehead atoms. The monoisotopic (exact) mass is 450 g/mol. The van der Waals surface area contributed by atoms with Crippen molar-refractivity contribution in [1.29, 1.82) is 0 Å². The Balaban J connectivity index is 1.38. The lowest BCUT2D eigenvalue weighted by Gasteiger charge is -2.17. The molecule has 0 aliphatic rings. The number of ether oxygens (including phenoxy) is 1. The molecule has 0 saturated carbocycles. The number of hydrogen-bond donors (Lipinski definition) is 1. The zero-order chi connectivity index (χ0) is 23.9. The fourth-order valence-corrected chi connectivity index (χ4v) is 3.67. The second-order valence-electron chi connectivity index (χ2n) is 7.97. The number of amides is 2. The highest BCUT2D eigenvalue weighted by Gasteiger charge is 2.13. The van der Waals surface area contributed by atoms with Crippen molar-refractivity contribution in [2.45, 2.75) is 6.54 Å². The van der Waals surface area contributed by atoms with Gasteiger partial charge in [0.25, 0.3) is 5.91 Å². The van der Waals surface area contributed by atoms with Crippen LogP contribution in [0.4, 0.5) is 4.79 Å². The van der Waals surface area contributed by atoms with E-state index in [1.54, 1.807) is 43.3 Å². The molecule has 4 rings (SSSR count). The summed E-state index contributed by atoms with van der Waals surface area (Å²) in [6, 6.07) is 33.0. The maximum atomic E-state index is 12.6. The molecule has 0 aromatic heterocycles. The fraction of sp³-hybridized carbons (Fsp3) is 0.103. The van der Waals surface area contributed by atoms with E-state index < -0.39 is 6.09 Å². The third-order valence-electron chi connectivity index (χ3n) is 5.53. The zero-order valence-corrected chi connectivity index (χ0v) is 19.2. The minimum atomic E-state index is -0.423. The third-order valence-corrected chi connectivity index (χ3v) is 5.53. The zero-order valence-electron chi connectivity index (χ0n) is 19.2. The van der Waals surface area contributed by atoms with Gasteiger partial charge in [-0.15, -0.1) is 0 Å². The Hall–Kier alpha value is -4.38. The van der Waals surface area contributed by atoms with Gasteiger partial charge in [-0.3, -0.25) is 4.79 Å². The molecular formula is C29H26N2O3. The second kappa shape index (κ2) is 10.5. The van der Waals surface area contributed by atoms with Gasteiger partial charge < -0.3 is 15.0 Å². The summed E-state index contributed by atoms with van der Waals surface area (Å²) in [7, 11) is 3.33. The summed E-state index contributed by atoms with van der Waals surface area (Å²) in [6.07, 6.45) is -0.423. The predicted octanol–water partition coefficient (Wildman–Crippen LogP) is 6.01. The van der Waals surface area contributed by atoms with E-state index in [1.807, 2.05) is 54.6 Å². The molecule has 4 aromatic carbocycles. The van der Waals surface area contributed by atoms with E-state index >= 15 is 0 Å². The minimum Gasteiger partial charge on any atom is -0.410 e. The van der Waals surface area contributed by atoms with Gasteiger partial charge in [-0.2, -0.15) is 0 Å². The smallest absolute Gasteiger partial charge is 0.410 e. The molecular weight excluding hydrogens is 424 g/mol. The quantitative estimate of drug-likeness (QED) is 0.391. The fourth-order valence-electron chi connectivity index (χ4n) is 3.67. The van der Waals surface area contributed by atoms with Crippen molar-refractivity contribution in [2.75, 3.05) is 14.1 Å². The van der Waals surface area contributed by atoms with Crippen LogP contribution < -0.4 is 10.1 Å². The van der Waals surface area contributed by atoms with Crippen LogP contribution in [0.3, 0.4) is 0 Å². The van der Waals surface area contributed by atoms with Crippen molar-refractivity contribution in [2.24, 2.45) is 0 Å². The number of nitrogens with zero attached hydrogens (tertiary/aromatic N) is 1. The van der Waals surface area contributed by atoms with Crippen molar-refractivity contribution < 1.29 is 14.3 Å². The van der Waals surface area contributed by atoms with Gasteiger partial charge in [0.2, 0.25) is 0 Å². The molecule has 4 aromatic rings. The second-order valence-corrected chi connectivity index (χ2v) is 7.97. The van der Waals surface area contributed by atoms with Gasteiger partial charge >= 0.3 is 6.09 Å². The van der Waals surface area contributed by atoms with Crippen molar-refractivity contribution in [3.05, 3.63) is 114 Å². The summed E-state index contributed by atoms with van der Waals surface area (Å²) in [6.45, 7) is 0.440. The van der Waals surface area contributed by atoms with Crippen molar-refractivity contribution in [3.63, 3.8) is 0 Å². The average Bonchev–Trinajstić information content (AvgIpc) is 2.89. The number of benzene rings is 4. The molecule has 0 atom stereocenters. The normalized spacial score (nSPS) is 10.4. The molecule has 5 nitrogen and oxygen atoms in total. The first-order valence-corrected chi connectivity index (χ1v) is 11.0. The first-order valence-electron chi connectivity index (χ1n) is 11.0. The Labute approximate surface area is 199 Å². The van der Waals surface area contributed by atoms with Gasteiger partial charge in [0.1, 0.15) is 5.75 Å². The molecule has 34 heavy (non-hydrogen) atoms. The van der Waals surface area contributed by atoms with Crippen LogP contribution in [-0.2, 0) is 6.54 Å². The lowest BCUT2D eigenvalue weighted by atomic mass is 10.0. The molecule has 0 radical (unpaired) electrons. The Morgan fingerprint density at radius 1 is 0.735 bits per heavy atom. The third kappa shape index (κ3) is 5.51. The van der Waals surface area contributed by atoms with E-state index in [-0.39, 0.29) is 5.91 Å². The molecule has 5 heteroatoms. The number of carbonyl (C=O) groups is 2. The van der Waals surface area contributed by atoms with E-state index in [0.717, 1.165) is 27.8 Å². The molecule has 170 valence electrons. The van der Waals surface area contributed by atoms with Crippen LogP contribution in [0, 0.1) is 0 Å². The molecule has 0 spiro atoms. The molecule has 0 saturated heterocycles. The maximum absolute atomic E-state index is 12.6. The number of nitrogens with one attached hydrogen (secondary N) is 1. The van der Waals surface area contributed by atoms with Crippen molar-refractivity contribution >= 4 is 12.0 Å². The first kappa shape index (κ1) is 22.8. The van der Waals surface area contributed by atoms with Crippen molar-refractivity contribution in [1.82, 2.24) is 10.2 Å². The van der Waals surface area contributed by atoms with Crippen molar-refractivity contribution in [3.8, 4) is 28.0 Å². The number of rotatable bonds is 6. The lowest BCUT2D eigenvalue weighted by Crippen LogP contribution is -2.29. The van der Waals surface area contributed by atoms with E-state index in [9.17, 15) is 9.59 Å². The summed E-state index contributed by atoms with van der Waals surface area (Å²) in [5.41, 5.74) is 5.82. The van der Waals surface area contributed by atoms with E-state index in [0.29, 0.717) is 17.9 Å². The summed E-state index contributed by atoms with van der Waals surface area (Å²) >= 11 is 0. The van der Waals surface area contributed by atoms with Gasteiger partial charge in [0.15, 0.2) is 0 Å². The Bertz CT molecular complexity index is 1270. The van der Waals surface area contributed by atoms with Gasteiger partial charge in [-0.05, 0) is 58.1 Å². The molecule has 2 amide bonds. The van der Waals surface area contributed by atoms with E-state index in [1.165, 1.54) is 0 Å². The highest BCUT2D eigenvalue weighted by Crippen LogP contribution is 2.24. The highest BCUT2D eigenvalue weighted by atomic mass is 16.6. The highest BCUT2D eigenvalue weighted by molar-refractivity contribution is 5.94. The molecule has 0 aliphatic carbocycles. The molecule has 0 fully saturated rings. The van der Waals surface area contributed by atoms with Crippen LogP contribution in [0.15, 0.2) is 103 Å². The van der Waals surface area contributed by atoms with Gasteiger partial charge in [0, 0.05) is 26.2 Å². The van der Waals surface area contributed by atoms with Crippen LogP contribution >= 0.6 is 0 Å². The molecule has 1 N–H and O–H groups in total. The van der Waals surface area contributed by atoms with Crippen LogP contribution in [0.25, 0.3) is 22.3 Å². The summed E-state index contributed by atoms with van der Waals surface area (Å²) < 4.78 is 5.55. The topological polar surface area (TPSA) is 58.6 Å².